The third-order valence-electron chi connectivity index (χ3n) is 4.23. The van der Waals surface area contributed by atoms with E-state index in [2.05, 4.69) is 4.72 Å². The van der Waals surface area contributed by atoms with Gasteiger partial charge in [-0.25, -0.2) is 8.42 Å². The Morgan fingerprint density at radius 1 is 1.15 bits per heavy atom. The number of phenols is 1. The average molecular weight is 387 g/mol. The van der Waals surface area contributed by atoms with Crippen LogP contribution in [0.15, 0.2) is 53.6 Å². The molecular formula is C19H21N3O4S. The summed E-state index contributed by atoms with van der Waals surface area (Å²) in [5, 5.41) is 10.7. The number of phenolic OH excluding ortho intramolecular Hbond substituents is 1. The van der Waals surface area contributed by atoms with E-state index in [1.807, 2.05) is 10.6 Å². The molecule has 142 valence electrons. The number of likely N-dealkylation sites (N-methyl/N-ethyl adjacent to an activating group) is 1. The minimum absolute atomic E-state index is 0.0350. The Bertz CT molecular complexity index is 1120. The molecule has 0 spiro atoms. The van der Waals surface area contributed by atoms with Gasteiger partial charge in [-0.2, -0.15) is 0 Å². The van der Waals surface area contributed by atoms with Gasteiger partial charge in [-0.05, 0) is 48.9 Å². The number of amides is 1. The van der Waals surface area contributed by atoms with Crippen molar-refractivity contribution in [3.63, 3.8) is 0 Å². The maximum atomic E-state index is 12.6. The van der Waals surface area contributed by atoms with Gasteiger partial charge >= 0.3 is 0 Å². The Balaban J connectivity index is 1.90. The SMILES string of the molecule is Cc1ccc(O)c(S(=O)(=O)Nc2ccc3c(ccn3CC(=O)N(C)C)c2)c1. The van der Waals surface area contributed by atoms with Crippen LogP contribution in [0.5, 0.6) is 5.75 Å². The third-order valence-corrected chi connectivity index (χ3v) is 5.64. The number of aryl methyl sites for hydroxylation is 1. The van der Waals surface area contributed by atoms with Gasteiger partial charge in [0.25, 0.3) is 10.0 Å². The first-order valence-electron chi connectivity index (χ1n) is 8.29. The van der Waals surface area contributed by atoms with Crippen molar-refractivity contribution in [2.24, 2.45) is 0 Å². The molecular weight excluding hydrogens is 366 g/mol. The first-order chi connectivity index (χ1) is 12.7. The predicted molar refractivity (Wildman–Crippen MR) is 104 cm³/mol. The molecule has 2 N–H and O–H groups in total. The Labute approximate surface area is 157 Å². The number of sulfonamides is 1. The van der Waals surface area contributed by atoms with Crippen LogP contribution >= 0.6 is 0 Å². The Kier molecular flexibility index (Phi) is 4.84. The van der Waals surface area contributed by atoms with E-state index in [4.69, 9.17) is 0 Å². The lowest BCUT2D eigenvalue weighted by atomic mass is 10.2. The highest BCUT2D eigenvalue weighted by Gasteiger charge is 2.19. The molecule has 7 nitrogen and oxygen atoms in total. The van der Waals surface area contributed by atoms with Crippen molar-refractivity contribution in [2.45, 2.75) is 18.4 Å². The van der Waals surface area contributed by atoms with Gasteiger partial charge in [-0.15, -0.1) is 0 Å². The quantitative estimate of drug-likeness (QED) is 0.704. The van der Waals surface area contributed by atoms with Crippen LogP contribution in [0.4, 0.5) is 5.69 Å². The van der Waals surface area contributed by atoms with Crippen molar-refractivity contribution in [2.75, 3.05) is 18.8 Å². The number of fused-ring (bicyclic) bond motifs is 1. The van der Waals surface area contributed by atoms with E-state index >= 15 is 0 Å². The number of aromatic nitrogens is 1. The number of aromatic hydroxyl groups is 1. The molecule has 2 aromatic carbocycles. The van der Waals surface area contributed by atoms with Gasteiger partial charge in [-0.3, -0.25) is 9.52 Å². The number of carbonyl (C=O) groups is 1. The predicted octanol–water partition coefficient (Wildman–Crippen LogP) is 2.54. The number of nitrogens with zero attached hydrogens (tertiary/aromatic N) is 2. The molecule has 0 atom stereocenters. The van der Waals surface area contributed by atoms with Gasteiger partial charge in [0, 0.05) is 36.9 Å². The minimum Gasteiger partial charge on any atom is -0.507 e. The van der Waals surface area contributed by atoms with Crippen molar-refractivity contribution in [3.05, 3.63) is 54.2 Å². The lowest BCUT2D eigenvalue weighted by Gasteiger charge is -2.12. The molecule has 1 heterocycles. The zero-order chi connectivity index (χ0) is 19.8. The Hall–Kier alpha value is -3.00. The second kappa shape index (κ2) is 6.96. The molecule has 0 aliphatic rings. The summed E-state index contributed by atoms with van der Waals surface area (Å²) >= 11 is 0. The highest BCUT2D eigenvalue weighted by atomic mass is 32.2. The molecule has 3 aromatic rings. The first kappa shape index (κ1) is 18.8. The van der Waals surface area contributed by atoms with Gasteiger partial charge in [0.1, 0.15) is 17.2 Å². The zero-order valence-electron chi connectivity index (χ0n) is 15.3. The van der Waals surface area contributed by atoms with Crippen molar-refractivity contribution in [1.29, 1.82) is 0 Å². The summed E-state index contributed by atoms with van der Waals surface area (Å²) in [6, 6.07) is 11.3. The molecule has 0 unspecified atom stereocenters. The van der Waals surface area contributed by atoms with Crippen LogP contribution in [-0.2, 0) is 21.4 Å². The molecule has 0 radical (unpaired) electrons. The van der Waals surface area contributed by atoms with Crippen LogP contribution in [0.25, 0.3) is 10.9 Å². The van der Waals surface area contributed by atoms with Crippen molar-refractivity contribution in [1.82, 2.24) is 9.47 Å². The number of rotatable bonds is 5. The maximum Gasteiger partial charge on any atom is 0.265 e. The van der Waals surface area contributed by atoms with Crippen LogP contribution in [0.3, 0.4) is 0 Å². The van der Waals surface area contributed by atoms with E-state index in [9.17, 15) is 18.3 Å². The van der Waals surface area contributed by atoms with E-state index in [1.54, 1.807) is 51.5 Å². The van der Waals surface area contributed by atoms with E-state index in [1.165, 1.54) is 17.0 Å². The molecule has 1 aromatic heterocycles. The van der Waals surface area contributed by atoms with Crippen LogP contribution in [-0.4, -0.2) is 43.0 Å². The Morgan fingerprint density at radius 3 is 2.59 bits per heavy atom. The zero-order valence-corrected chi connectivity index (χ0v) is 16.1. The monoisotopic (exact) mass is 387 g/mol. The molecule has 0 saturated carbocycles. The summed E-state index contributed by atoms with van der Waals surface area (Å²) in [5.41, 5.74) is 1.93. The Morgan fingerprint density at radius 2 is 1.89 bits per heavy atom. The fraction of sp³-hybridized carbons (Fsp3) is 0.211. The molecule has 0 aliphatic carbocycles. The van der Waals surface area contributed by atoms with Gasteiger partial charge in [0.05, 0.1) is 0 Å². The second-order valence-corrected chi connectivity index (χ2v) is 8.23. The number of hydrogen-bond acceptors (Lipinski definition) is 4. The maximum absolute atomic E-state index is 12.6. The standard InChI is InChI=1S/C19H21N3O4S/c1-13-4-7-17(23)18(10-13)27(25,26)20-15-5-6-16-14(11-15)8-9-22(16)12-19(24)21(2)3/h4-11,20,23H,12H2,1-3H3. The number of nitrogens with one attached hydrogen (secondary N) is 1. The second-order valence-electron chi connectivity index (χ2n) is 6.58. The van der Waals surface area contributed by atoms with Gasteiger partial charge < -0.3 is 14.6 Å². The summed E-state index contributed by atoms with van der Waals surface area (Å²) in [4.78, 5) is 13.3. The highest BCUT2D eigenvalue weighted by Crippen LogP contribution is 2.27. The number of benzene rings is 2. The van der Waals surface area contributed by atoms with Crippen molar-refractivity contribution >= 4 is 32.5 Å². The lowest BCUT2D eigenvalue weighted by Crippen LogP contribution is -2.25. The molecule has 0 bridgehead atoms. The van der Waals surface area contributed by atoms with Crippen molar-refractivity contribution in [3.8, 4) is 5.75 Å². The van der Waals surface area contributed by atoms with E-state index < -0.39 is 10.0 Å². The molecule has 8 heteroatoms. The molecule has 3 rings (SSSR count). The fourth-order valence-corrected chi connectivity index (χ4v) is 3.97. The lowest BCUT2D eigenvalue weighted by molar-refractivity contribution is -0.129. The normalized spacial score (nSPS) is 11.5. The molecule has 0 saturated heterocycles. The van der Waals surface area contributed by atoms with E-state index in [0.29, 0.717) is 5.69 Å². The average Bonchev–Trinajstić information content (AvgIpc) is 2.98. The summed E-state index contributed by atoms with van der Waals surface area (Å²) < 4.78 is 29.5. The minimum atomic E-state index is -3.93. The van der Waals surface area contributed by atoms with Crippen LogP contribution in [0.2, 0.25) is 0 Å². The van der Waals surface area contributed by atoms with Gasteiger partial charge in [0.2, 0.25) is 5.91 Å². The number of hydrogen-bond donors (Lipinski definition) is 2. The summed E-state index contributed by atoms with van der Waals surface area (Å²) in [5.74, 6) is -0.338. The highest BCUT2D eigenvalue weighted by molar-refractivity contribution is 7.92. The van der Waals surface area contributed by atoms with Crippen LogP contribution in [0, 0.1) is 6.92 Å². The number of carbonyl (C=O) groups excluding carboxylic acids is 1. The van der Waals surface area contributed by atoms with Crippen LogP contribution in [0.1, 0.15) is 5.56 Å². The van der Waals surface area contributed by atoms with Gasteiger partial charge in [0.15, 0.2) is 0 Å². The van der Waals surface area contributed by atoms with E-state index in [0.717, 1.165) is 16.5 Å². The topological polar surface area (TPSA) is 91.6 Å². The third kappa shape index (κ3) is 3.90. The molecule has 1 amide bonds. The summed E-state index contributed by atoms with van der Waals surface area (Å²) in [6.45, 7) is 1.96. The summed E-state index contributed by atoms with van der Waals surface area (Å²) in [6.07, 6.45) is 1.79. The summed E-state index contributed by atoms with van der Waals surface area (Å²) in [7, 11) is -0.534. The smallest absolute Gasteiger partial charge is 0.265 e. The van der Waals surface area contributed by atoms with Gasteiger partial charge in [-0.1, -0.05) is 6.07 Å². The van der Waals surface area contributed by atoms with E-state index in [-0.39, 0.29) is 23.1 Å². The van der Waals surface area contributed by atoms with Crippen molar-refractivity contribution < 1.29 is 18.3 Å². The molecule has 0 aliphatic heterocycles. The first-order valence-corrected chi connectivity index (χ1v) is 9.77. The van der Waals surface area contributed by atoms with Crippen LogP contribution < -0.4 is 4.72 Å². The molecule has 27 heavy (non-hydrogen) atoms. The number of anilines is 1. The largest absolute Gasteiger partial charge is 0.507 e. The molecule has 0 fully saturated rings. The fourth-order valence-electron chi connectivity index (χ4n) is 2.74.